The van der Waals surface area contributed by atoms with Gasteiger partial charge in [-0.15, -0.1) is 0 Å². The highest BCUT2D eigenvalue weighted by Gasteiger charge is 2.41. The van der Waals surface area contributed by atoms with Crippen LogP contribution in [0.2, 0.25) is 0 Å². The molecule has 1 nitrogen and oxygen atoms in total. The van der Waals surface area contributed by atoms with Crippen molar-refractivity contribution in [3.63, 3.8) is 0 Å². The maximum atomic E-state index is 2.64. The second-order valence-electron chi connectivity index (χ2n) is 7.16. The lowest BCUT2D eigenvalue weighted by atomic mass is 9.79. The summed E-state index contributed by atoms with van der Waals surface area (Å²) in [5.41, 5.74) is 4.62. The van der Waals surface area contributed by atoms with Gasteiger partial charge in [-0.25, -0.2) is 0 Å². The Morgan fingerprint density at radius 1 is 0.833 bits per heavy atom. The fourth-order valence-corrected chi connectivity index (χ4v) is 3.78. The van der Waals surface area contributed by atoms with Crippen LogP contribution in [-0.4, -0.2) is 11.1 Å². The molecule has 0 unspecified atom stereocenters. The predicted octanol–water partition coefficient (Wildman–Crippen LogP) is 4.85. The van der Waals surface area contributed by atoms with Crippen molar-refractivity contribution >= 4 is 5.69 Å². The number of anilines is 1. The monoisotopic (exact) mass is 245 g/mol. The molecule has 0 saturated carbocycles. The van der Waals surface area contributed by atoms with Gasteiger partial charge < -0.3 is 4.90 Å². The summed E-state index contributed by atoms with van der Waals surface area (Å²) >= 11 is 0. The van der Waals surface area contributed by atoms with Crippen LogP contribution in [-0.2, 0) is 0 Å². The summed E-state index contributed by atoms with van der Waals surface area (Å²) < 4.78 is 0. The van der Waals surface area contributed by atoms with Crippen molar-refractivity contribution in [3.05, 3.63) is 29.3 Å². The van der Waals surface area contributed by atoms with E-state index in [0.717, 1.165) is 0 Å². The van der Waals surface area contributed by atoms with Crippen LogP contribution in [0.15, 0.2) is 18.2 Å². The van der Waals surface area contributed by atoms with E-state index in [1.807, 2.05) is 0 Å². The van der Waals surface area contributed by atoms with E-state index in [0.29, 0.717) is 0 Å². The maximum absolute atomic E-state index is 2.64. The van der Waals surface area contributed by atoms with Gasteiger partial charge in [0, 0.05) is 16.8 Å². The van der Waals surface area contributed by atoms with Crippen LogP contribution in [0.3, 0.4) is 0 Å². The zero-order valence-corrected chi connectivity index (χ0v) is 12.8. The molecule has 0 aliphatic carbocycles. The molecule has 18 heavy (non-hydrogen) atoms. The second kappa shape index (κ2) is 4.29. The van der Waals surface area contributed by atoms with Crippen molar-refractivity contribution in [2.45, 2.75) is 71.9 Å². The molecule has 1 heteroatoms. The molecule has 0 spiro atoms. The van der Waals surface area contributed by atoms with Gasteiger partial charge in [0.2, 0.25) is 0 Å². The lowest BCUT2D eigenvalue weighted by molar-refractivity contribution is 0.244. The molecule has 1 heterocycles. The Kier molecular flexibility index (Phi) is 3.21. The highest BCUT2D eigenvalue weighted by atomic mass is 15.3. The second-order valence-corrected chi connectivity index (χ2v) is 7.16. The van der Waals surface area contributed by atoms with Gasteiger partial charge in [0.15, 0.2) is 0 Å². The number of rotatable bonds is 1. The molecular formula is C17H27N. The molecule has 1 aromatic rings. The topological polar surface area (TPSA) is 3.24 Å². The highest BCUT2D eigenvalue weighted by molar-refractivity contribution is 5.55. The van der Waals surface area contributed by atoms with E-state index < -0.39 is 0 Å². The molecule has 0 amide bonds. The van der Waals surface area contributed by atoms with Gasteiger partial charge in [-0.3, -0.25) is 0 Å². The molecule has 1 fully saturated rings. The third-order valence-electron chi connectivity index (χ3n) is 4.25. The van der Waals surface area contributed by atoms with Gasteiger partial charge in [0.25, 0.3) is 0 Å². The number of nitrogens with zero attached hydrogens (tertiary/aromatic N) is 1. The first kappa shape index (κ1) is 13.5. The number of hydrogen-bond acceptors (Lipinski definition) is 1. The minimum atomic E-state index is 0.252. The Bertz CT molecular complexity index is 407. The Morgan fingerprint density at radius 2 is 1.28 bits per heavy atom. The van der Waals surface area contributed by atoms with Crippen LogP contribution in [0.4, 0.5) is 5.69 Å². The molecular weight excluding hydrogens is 218 g/mol. The Balaban J connectivity index is 2.50. The van der Waals surface area contributed by atoms with Gasteiger partial charge in [0.05, 0.1) is 0 Å². The lowest BCUT2D eigenvalue weighted by Crippen LogP contribution is -2.59. The van der Waals surface area contributed by atoms with Crippen molar-refractivity contribution < 1.29 is 0 Å². The molecule has 1 aliphatic rings. The molecule has 2 rings (SSSR count). The van der Waals surface area contributed by atoms with Crippen molar-refractivity contribution in [3.8, 4) is 0 Å². The van der Waals surface area contributed by atoms with E-state index in [2.05, 4.69) is 64.6 Å². The van der Waals surface area contributed by atoms with Gasteiger partial charge in [-0.1, -0.05) is 6.07 Å². The first-order chi connectivity index (χ1) is 8.22. The van der Waals surface area contributed by atoms with Crippen LogP contribution in [0.5, 0.6) is 0 Å². The smallest absolute Gasteiger partial charge is 0.0380 e. The maximum Gasteiger partial charge on any atom is 0.0380 e. The van der Waals surface area contributed by atoms with Crippen LogP contribution in [0, 0.1) is 13.8 Å². The van der Waals surface area contributed by atoms with E-state index in [1.54, 1.807) is 0 Å². The molecule has 0 atom stereocenters. The predicted molar refractivity (Wildman–Crippen MR) is 80.4 cm³/mol. The highest BCUT2D eigenvalue weighted by Crippen LogP contribution is 2.42. The van der Waals surface area contributed by atoms with Crippen LogP contribution in [0.25, 0.3) is 0 Å². The van der Waals surface area contributed by atoms with Gasteiger partial charge in [-0.05, 0) is 84.1 Å². The van der Waals surface area contributed by atoms with Crippen molar-refractivity contribution in [2.75, 3.05) is 4.90 Å². The van der Waals surface area contributed by atoms with Gasteiger partial charge in [0.1, 0.15) is 0 Å². The van der Waals surface area contributed by atoms with Gasteiger partial charge >= 0.3 is 0 Å². The summed E-state index contributed by atoms with van der Waals surface area (Å²) in [4.78, 5) is 2.64. The molecule has 0 N–H and O–H groups in total. The molecule has 0 bridgehead atoms. The average Bonchev–Trinajstić information content (AvgIpc) is 2.11. The molecule has 100 valence electrons. The summed E-state index contributed by atoms with van der Waals surface area (Å²) in [7, 11) is 0. The summed E-state index contributed by atoms with van der Waals surface area (Å²) in [5, 5.41) is 0. The number of piperidine rings is 1. The molecule has 0 radical (unpaired) electrons. The molecule has 1 saturated heterocycles. The standard InChI is InChI=1S/C17H27N/c1-13-10-14(2)12-15(11-13)18-16(3,4)8-7-9-17(18,5)6/h10-12H,7-9H2,1-6H3. The SMILES string of the molecule is Cc1cc(C)cc(N2C(C)(C)CCCC2(C)C)c1. The normalized spacial score (nSPS) is 22.0. The van der Waals surface area contributed by atoms with Crippen LogP contribution in [0.1, 0.15) is 58.1 Å². The van der Waals surface area contributed by atoms with E-state index in [4.69, 9.17) is 0 Å². The minimum absolute atomic E-state index is 0.252. The van der Waals surface area contributed by atoms with Crippen molar-refractivity contribution in [2.24, 2.45) is 0 Å². The Morgan fingerprint density at radius 3 is 1.72 bits per heavy atom. The van der Waals surface area contributed by atoms with Crippen LogP contribution < -0.4 is 4.90 Å². The first-order valence-electron chi connectivity index (χ1n) is 7.11. The zero-order valence-electron chi connectivity index (χ0n) is 12.8. The van der Waals surface area contributed by atoms with E-state index in [9.17, 15) is 0 Å². The summed E-state index contributed by atoms with van der Waals surface area (Å²) in [6.45, 7) is 13.9. The zero-order chi connectivity index (χ0) is 13.6. The summed E-state index contributed by atoms with van der Waals surface area (Å²) in [6, 6.07) is 6.93. The number of aryl methyl sites for hydroxylation is 2. The van der Waals surface area contributed by atoms with E-state index >= 15 is 0 Å². The average molecular weight is 245 g/mol. The van der Waals surface area contributed by atoms with Gasteiger partial charge in [-0.2, -0.15) is 0 Å². The minimum Gasteiger partial charge on any atom is -0.361 e. The Hall–Kier alpha value is -0.980. The fraction of sp³-hybridized carbons (Fsp3) is 0.647. The summed E-state index contributed by atoms with van der Waals surface area (Å²) in [5.74, 6) is 0. The molecule has 0 aromatic heterocycles. The fourth-order valence-electron chi connectivity index (χ4n) is 3.78. The third-order valence-corrected chi connectivity index (χ3v) is 4.25. The first-order valence-corrected chi connectivity index (χ1v) is 7.11. The van der Waals surface area contributed by atoms with E-state index in [1.165, 1.54) is 36.1 Å². The van der Waals surface area contributed by atoms with Crippen molar-refractivity contribution in [1.82, 2.24) is 0 Å². The third kappa shape index (κ3) is 2.41. The number of benzene rings is 1. The quantitative estimate of drug-likeness (QED) is 0.683. The number of hydrogen-bond donors (Lipinski definition) is 0. The van der Waals surface area contributed by atoms with E-state index in [-0.39, 0.29) is 11.1 Å². The Labute approximate surface area is 112 Å². The molecule has 1 aromatic carbocycles. The largest absolute Gasteiger partial charge is 0.361 e. The molecule has 1 aliphatic heterocycles. The van der Waals surface area contributed by atoms with Crippen molar-refractivity contribution in [1.29, 1.82) is 0 Å². The lowest BCUT2D eigenvalue weighted by Gasteiger charge is -2.54. The van der Waals surface area contributed by atoms with Crippen LogP contribution >= 0.6 is 0 Å². The summed E-state index contributed by atoms with van der Waals surface area (Å²) in [6.07, 6.45) is 3.90.